The summed E-state index contributed by atoms with van der Waals surface area (Å²) in [6.45, 7) is 6.54. The molecule has 5 rings (SSSR count). The fourth-order valence-corrected chi connectivity index (χ4v) is 5.77. The second kappa shape index (κ2) is 11.0. The Kier molecular flexibility index (Phi) is 7.50. The minimum atomic E-state index is -0.515. The van der Waals surface area contributed by atoms with Crippen molar-refractivity contribution in [3.8, 4) is 11.8 Å². The molecule has 1 aliphatic carbocycles. The average molecular weight is 538 g/mol. The Bertz CT molecular complexity index is 1530. The van der Waals surface area contributed by atoms with Gasteiger partial charge in [-0.15, -0.1) is 0 Å². The number of hydrogen-bond acceptors (Lipinski definition) is 5. The number of anilines is 1. The van der Waals surface area contributed by atoms with Gasteiger partial charge in [-0.3, -0.25) is 9.69 Å². The van der Waals surface area contributed by atoms with Crippen molar-refractivity contribution in [1.82, 2.24) is 0 Å². The Labute approximate surface area is 235 Å². The number of ether oxygens (including phenoxy) is 1. The van der Waals surface area contributed by atoms with Crippen LogP contribution in [-0.4, -0.2) is 5.78 Å². The summed E-state index contributed by atoms with van der Waals surface area (Å²) in [5.41, 5.74) is 14.9. The number of halogens is 1. The predicted octanol–water partition coefficient (Wildman–Crippen LogP) is 7.40. The summed E-state index contributed by atoms with van der Waals surface area (Å²) >= 11 is 6.02. The molecule has 0 saturated heterocycles. The lowest BCUT2D eigenvalue weighted by Gasteiger charge is -2.40. The van der Waals surface area contributed by atoms with Crippen LogP contribution in [0.3, 0.4) is 0 Å². The van der Waals surface area contributed by atoms with Gasteiger partial charge in [-0.05, 0) is 97.3 Å². The molecular formula is C33H32ClN3O2. The highest BCUT2D eigenvalue weighted by Crippen LogP contribution is 2.47. The first-order chi connectivity index (χ1) is 18.8. The van der Waals surface area contributed by atoms with Crippen LogP contribution in [0.25, 0.3) is 0 Å². The van der Waals surface area contributed by atoms with Gasteiger partial charge in [0.25, 0.3) is 0 Å². The average Bonchev–Trinajstić information content (AvgIpc) is 2.93. The number of Topliss-reactive ketones (excluding diaryl/α,β-unsaturated/α-hetero) is 1. The summed E-state index contributed by atoms with van der Waals surface area (Å²) in [6, 6.07) is 22.0. The van der Waals surface area contributed by atoms with Crippen LogP contribution >= 0.6 is 11.6 Å². The second-order valence-electron chi connectivity index (χ2n) is 10.2. The fourth-order valence-electron chi connectivity index (χ4n) is 5.65. The van der Waals surface area contributed by atoms with Crippen LogP contribution in [0.4, 0.5) is 5.69 Å². The highest BCUT2D eigenvalue weighted by molar-refractivity contribution is 6.30. The lowest BCUT2D eigenvalue weighted by Crippen LogP contribution is -2.39. The summed E-state index contributed by atoms with van der Waals surface area (Å²) in [5, 5.41) is 11.1. The van der Waals surface area contributed by atoms with Crippen molar-refractivity contribution in [2.24, 2.45) is 5.73 Å². The van der Waals surface area contributed by atoms with Crippen LogP contribution in [0, 0.1) is 25.2 Å². The Morgan fingerprint density at radius 2 is 1.77 bits per heavy atom. The number of carbonyl (C=O) groups is 1. The van der Waals surface area contributed by atoms with Crippen LogP contribution in [0.2, 0.25) is 5.02 Å². The van der Waals surface area contributed by atoms with Crippen LogP contribution in [-0.2, 0) is 17.8 Å². The summed E-state index contributed by atoms with van der Waals surface area (Å²) < 4.78 is 6.06. The van der Waals surface area contributed by atoms with E-state index in [1.54, 1.807) is 12.1 Å². The van der Waals surface area contributed by atoms with Gasteiger partial charge < -0.3 is 10.5 Å². The quantitative estimate of drug-likeness (QED) is 0.354. The molecule has 1 aliphatic heterocycles. The Hall–Kier alpha value is -4.01. The van der Waals surface area contributed by atoms with Gasteiger partial charge in [0.15, 0.2) is 5.78 Å². The number of nitrogens with zero attached hydrogens (tertiary/aromatic N) is 2. The summed E-state index contributed by atoms with van der Waals surface area (Å²) in [6.07, 6.45) is 2.88. The lowest BCUT2D eigenvalue weighted by molar-refractivity contribution is -0.116. The molecule has 3 aromatic rings. The van der Waals surface area contributed by atoms with Gasteiger partial charge >= 0.3 is 0 Å². The molecule has 0 aromatic heterocycles. The van der Waals surface area contributed by atoms with E-state index in [9.17, 15) is 10.1 Å². The lowest BCUT2D eigenvalue weighted by atomic mass is 9.74. The third-order valence-electron chi connectivity index (χ3n) is 7.76. The molecule has 0 amide bonds. The SMILES string of the molecule is CCc1ccc(N2C(N)=C(C#N)C(c3cc(COc4ccc(Cl)cc4)c(C)cc3C)C3=C2CCCC3=O)cc1. The number of benzene rings is 3. The van der Waals surface area contributed by atoms with Gasteiger partial charge in [0, 0.05) is 28.4 Å². The Balaban J connectivity index is 1.61. The van der Waals surface area contributed by atoms with E-state index in [1.807, 2.05) is 43.0 Å². The van der Waals surface area contributed by atoms with Crippen LogP contribution in [0.5, 0.6) is 5.75 Å². The third-order valence-corrected chi connectivity index (χ3v) is 8.01. The molecule has 198 valence electrons. The van der Waals surface area contributed by atoms with E-state index >= 15 is 0 Å². The molecule has 6 heteroatoms. The normalized spacial score (nSPS) is 17.3. The molecule has 1 unspecified atom stereocenters. The maximum atomic E-state index is 13.6. The van der Waals surface area contributed by atoms with Gasteiger partial charge in [-0.2, -0.15) is 5.26 Å². The molecular weight excluding hydrogens is 506 g/mol. The van der Waals surface area contributed by atoms with Crippen molar-refractivity contribution < 1.29 is 9.53 Å². The molecule has 1 heterocycles. The van der Waals surface area contributed by atoms with Crippen molar-refractivity contribution in [3.63, 3.8) is 0 Å². The first-order valence-corrected chi connectivity index (χ1v) is 13.7. The van der Waals surface area contributed by atoms with Crippen LogP contribution in [0.1, 0.15) is 59.9 Å². The highest BCUT2D eigenvalue weighted by atomic mass is 35.5. The number of rotatable bonds is 6. The van der Waals surface area contributed by atoms with Gasteiger partial charge in [-0.1, -0.05) is 42.8 Å². The molecule has 5 nitrogen and oxygen atoms in total. The van der Waals surface area contributed by atoms with Crippen molar-refractivity contribution in [2.45, 2.75) is 59.0 Å². The first kappa shape index (κ1) is 26.6. The van der Waals surface area contributed by atoms with Gasteiger partial charge in [0.2, 0.25) is 0 Å². The summed E-state index contributed by atoms with van der Waals surface area (Å²) in [5.74, 6) is 0.672. The molecule has 2 aliphatic rings. The monoisotopic (exact) mass is 537 g/mol. The maximum absolute atomic E-state index is 13.6. The molecule has 2 N–H and O–H groups in total. The zero-order valence-corrected chi connectivity index (χ0v) is 23.3. The van der Waals surface area contributed by atoms with E-state index in [2.05, 4.69) is 37.3 Å². The Morgan fingerprint density at radius 1 is 1.05 bits per heavy atom. The van der Waals surface area contributed by atoms with Crippen LogP contribution < -0.4 is 15.4 Å². The van der Waals surface area contributed by atoms with E-state index in [0.717, 1.165) is 58.7 Å². The number of carbonyl (C=O) groups excluding carboxylic acids is 1. The Morgan fingerprint density at radius 3 is 2.44 bits per heavy atom. The van der Waals surface area contributed by atoms with E-state index in [0.29, 0.717) is 35.0 Å². The molecule has 0 bridgehead atoms. The minimum Gasteiger partial charge on any atom is -0.489 e. The molecule has 1 atom stereocenters. The number of nitriles is 1. The number of ketones is 1. The zero-order valence-electron chi connectivity index (χ0n) is 22.6. The maximum Gasteiger partial charge on any atom is 0.161 e. The molecule has 39 heavy (non-hydrogen) atoms. The standard InChI is InChI=1S/C33H32ClN3O2/c1-4-22-8-12-25(13-9-22)37-29-6-5-7-30(38)32(29)31(28(18-35)33(37)36)27-17-23(20(2)16-21(27)3)19-39-26-14-10-24(34)11-15-26/h8-17,31H,4-7,19,36H2,1-3H3. The minimum absolute atomic E-state index is 0.0793. The van der Waals surface area contributed by atoms with E-state index in [-0.39, 0.29) is 5.78 Å². The van der Waals surface area contributed by atoms with Crippen molar-refractivity contribution >= 4 is 23.1 Å². The number of nitrogens with two attached hydrogens (primary N) is 1. The number of hydrogen-bond donors (Lipinski definition) is 1. The van der Waals surface area contributed by atoms with Gasteiger partial charge in [0.1, 0.15) is 18.2 Å². The number of aryl methyl sites for hydroxylation is 3. The molecule has 0 radical (unpaired) electrons. The van der Waals surface area contributed by atoms with Crippen molar-refractivity contribution in [1.29, 1.82) is 5.26 Å². The number of allylic oxidation sites excluding steroid dienone is 3. The first-order valence-electron chi connectivity index (χ1n) is 13.4. The van der Waals surface area contributed by atoms with Crippen LogP contribution in [0.15, 0.2) is 83.3 Å². The summed E-state index contributed by atoms with van der Waals surface area (Å²) in [7, 11) is 0. The fraction of sp³-hybridized carbons (Fsp3) is 0.273. The zero-order chi connectivity index (χ0) is 27.7. The smallest absolute Gasteiger partial charge is 0.161 e. The second-order valence-corrected chi connectivity index (χ2v) is 10.7. The van der Waals surface area contributed by atoms with Crippen molar-refractivity contribution in [3.05, 3.63) is 116 Å². The van der Waals surface area contributed by atoms with Gasteiger partial charge in [0.05, 0.1) is 17.6 Å². The molecule has 0 saturated carbocycles. The van der Waals surface area contributed by atoms with E-state index in [4.69, 9.17) is 22.1 Å². The van der Waals surface area contributed by atoms with E-state index in [1.165, 1.54) is 5.56 Å². The summed E-state index contributed by atoms with van der Waals surface area (Å²) in [4.78, 5) is 15.5. The molecule has 3 aromatic carbocycles. The van der Waals surface area contributed by atoms with Crippen molar-refractivity contribution in [2.75, 3.05) is 4.90 Å². The third kappa shape index (κ3) is 5.05. The molecule has 0 spiro atoms. The van der Waals surface area contributed by atoms with E-state index < -0.39 is 5.92 Å². The van der Waals surface area contributed by atoms with Gasteiger partial charge in [-0.25, -0.2) is 0 Å². The topological polar surface area (TPSA) is 79.3 Å². The molecule has 0 fully saturated rings. The highest BCUT2D eigenvalue weighted by Gasteiger charge is 2.41. The largest absolute Gasteiger partial charge is 0.489 e. The predicted molar refractivity (Wildman–Crippen MR) is 155 cm³/mol.